The van der Waals surface area contributed by atoms with Crippen molar-refractivity contribution >= 4 is 28.8 Å². The molecular formula is C26H26F3N3O2S. The molecule has 1 aromatic heterocycles. The lowest BCUT2D eigenvalue weighted by molar-refractivity contribution is -0.137. The number of halogens is 3. The molecule has 0 aliphatic carbocycles. The molecule has 3 aromatic rings. The zero-order valence-electron chi connectivity index (χ0n) is 19.3. The van der Waals surface area contributed by atoms with E-state index in [0.29, 0.717) is 25.1 Å². The highest BCUT2D eigenvalue weighted by atomic mass is 32.1. The summed E-state index contributed by atoms with van der Waals surface area (Å²) in [4.78, 5) is 31.4. The molecular weight excluding hydrogens is 475 g/mol. The van der Waals surface area contributed by atoms with Crippen LogP contribution in [-0.2, 0) is 11.0 Å². The minimum Gasteiger partial charge on any atom is -0.343 e. The van der Waals surface area contributed by atoms with Crippen LogP contribution >= 0.6 is 11.3 Å². The van der Waals surface area contributed by atoms with E-state index in [-0.39, 0.29) is 28.8 Å². The normalized spacial score (nSPS) is 14.7. The van der Waals surface area contributed by atoms with E-state index in [0.717, 1.165) is 30.3 Å². The Morgan fingerprint density at radius 3 is 2.46 bits per heavy atom. The summed E-state index contributed by atoms with van der Waals surface area (Å²) < 4.78 is 41.4. The van der Waals surface area contributed by atoms with Crippen molar-refractivity contribution in [1.29, 1.82) is 0 Å². The number of hydrogen-bond acceptors (Lipinski definition) is 4. The predicted molar refractivity (Wildman–Crippen MR) is 130 cm³/mol. The number of hydrogen-bond donors (Lipinski definition) is 1. The summed E-state index contributed by atoms with van der Waals surface area (Å²) in [6.07, 6.45) is -1.79. The number of likely N-dealkylation sites (tertiary alicyclic amines) is 1. The topological polar surface area (TPSA) is 62.3 Å². The van der Waals surface area contributed by atoms with Crippen LogP contribution in [0.15, 0.2) is 53.9 Å². The van der Waals surface area contributed by atoms with Crippen LogP contribution in [0.3, 0.4) is 0 Å². The van der Waals surface area contributed by atoms with Crippen LogP contribution in [0, 0.1) is 0 Å². The molecule has 2 amide bonds. The van der Waals surface area contributed by atoms with Crippen LogP contribution in [0.4, 0.5) is 18.9 Å². The van der Waals surface area contributed by atoms with E-state index in [4.69, 9.17) is 0 Å². The van der Waals surface area contributed by atoms with E-state index in [1.165, 1.54) is 17.4 Å². The van der Waals surface area contributed by atoms with Crippen molar-refractivity contribution in [2.75, 3.05) is 18.4 Å². The number of amides is 2. The minimum atomic E-state index is -4.64. The van der Waals surface area contributed by atoms with Gasteiger partial charge >= 0.3 is 6.18 Å². The highest BCUT2D eigenvalue weighted by molar-refractivity contribution is 7.10. The Balaban J connectivity index is 1.53. The Morgan fingerprint density at radius 2 is 1.80 bits per heavy atom. The van der Waals surface area contributed by atoms with Gasteiger partial charge in [0.25, 0.3) is 5.91 Å². The van der Waals surface area contributed by atoms with Crippen molar-refractivity contribution in [2.45, 2.75) is 44.7 Å². The highest BCUT2D eigenvalue weighted by Crippen LogP contribution is 2.40. The van der Waals surface area contributed by atoms with Gasteiger partial charge in [-0.3, -0.25) is 9.59 Å². The Labute approximate surface area is 206 Å². The molecule has 1 saturated heterocycles. The van der Waals surface area contributed by atoms with Gasteiger partial charge < -0.3 is 10.2 Å². The third-order valence-electron chi connectivity index (χ3n) is 6.11. The number of rotatable bonds is 6. The minimum absolute atomic E-state index is 0.0884. The van der Waals surface area contributed by atoms with E-state index in [2.05, 4.69) is 10.3 Å². The summed E-state index contributed by atoms with van der Waals surface area (Å²) in [6, 6.07) is 12.5. The van der Waals surface area contributed by atoms with Gasteiger partial charge in [-0.2, -0.15) is 13.2 Å². The molecule has 0 bridgehead atoms. The number of carbonyl (C=O) groups is 2. The number of anilines is 1. The third kappa shape index (κ3) is 5.73. The molecule has 0 radical (unpaired) electrons. The van der Waals surface area contributed by atoms with Crippen molar-refractivity contribution in [1.82, 2.24) is 9.88 Å². The summed E-state index contributed by atoms with van der Waals surface area (Å²) in [5.74, 6) is -0.408. The second kappa shape index (κ2) is 10.6. The van der Waals surface area contributed by atoms with Crippen LogP contribution in [-0.4, -0.2) is 34.8 Å². The van der Waals surface area contributed by atoms with Gasteiger partial charge in [-0.05, 0) is 30.9 Å². The number of benzene rings is 2. The molecule has 184 valence electrons. The average Bonchev–Trinajstić information content (AvgIpc) is 3.35. The van der Waals surface area contributed by atoms with E-state index in [9.17, 15) is 22.8 Å². The van der Waals surface area contributed by atoms with Crippen molar-refractivity contribution in [3.05, 3.63) is 70.2 Å². The number of para-hydroxylation sites is 1. The average molecular weight is 502 g/mol. The first-order chi connectivity index (χ1) is 16.8. The first kappa shape index (κ1) is 24.9. The number of piperidine rings is 1. The lowest BCUT2D eigenvalue weighted by atomic mass is 9.97. The summed E-state index contributed by atoms with van der Waals surface area (Å²) in [7, 11) is 0. The highest BCUT2D eigenvalue weighted by Gasteiger charge is 2.35. The molecule has 0 atom stereocenters. The molecule has 5 nitrogen and oxygen atoms in total. The maximum absolute atomic E-state index is 13.8. The monoisotopic (exact) mass is 501 g/mol. The SMILES string of the molecule is CCCC(=O)N1CCC(c2nc(C(=O)Nc3c(-c4ccccc4)cccc3C(F)(F)F)cs2)CC1. The van der Waals surface area contributed by atoms with Crippen LogP contribution in [0.2, 0.25) is 0 Å². The quantitative estimate of drug-likeness (QED) is 0.415. The molecule has 9 heteroatoms. The fourth-order valence-corrected chi connectivity index (χ4v) is 5.26. The molecule has 0 unspecified atom stereocenters. The van der Waals surface area contributed by atoms with Crippen LogP contribution in [0.25, 0.3) is 11.1 Å². The first-order valence-corrected chi connectivity index (χ1v) is 12.5. The van der Waals surface area contributed by atoms with Crippen LogP contribution in [0.5, 0.6) is 0 Å². The second-order valence-corrected chi connectivity index (χ2v) is 9.41. The summed E-state index contributed by atoms with van der Waals surface area (Å²) in [5.41, 5.74) is -0.253. The van der Waals surface area contributed by atoms with Gasteiger partial charge in [0, 0.05) is 36.4 Å². The molecule has 0 spiro atoms. The molecule has 2 aromatic carbocycles. The van der Waals surface area contributed by atoms with Crippen molar-refractivity contribution in [3.8, 4) is 11.1 Å². The Morgan fingerprint density at radius 1 is 1.09 bits per heavy atom. The van der Waals surface area contributed by atoms with E-state index in [1.807, 2.05) is 11.8 Å². The number of nitrogens with one attached hydrogen (secondary N) is 1. The Kier molecular flexibility index (Phi) is 7.54. The second-order valence-electron chi connectivity index (χ2n) is 8.52. The number of nitrogens with zero attached hydrogens (tertiary/aromatic N) is 2. The molecule has 4 rings (SSSR count). The standard InChI is InChI=1S/C26H26F3N3O2S/c1-2-7-22(33)32-14-12-18(13-15-32)25-30-21(16-35-25)24(34)31-23-19(17-8-4-3-5-9-17)10-6-11-20(23)26(27,28)29/h3-6,8-11,16,18H,2,7,12-15H2,1H3,(H,31,34). The number of carbonyl (C=O) groups excluding carboxylic acids is 2. The van der Waals surface area contributed by atoms with Gasteiger partial charge in [-0.25, -0.2) is 4.98 Å². The van der Waals surface area contributed by atoms with Crippen molar-refractivity contribution in [2.24, 2.45) is 0 Å². The maximum atomic E-state index is 13.8. The molecule has 2 heterocycles. The number of thiazole rings is 1. The van der Waals surface area contributed by atoms with Crippen LogP contribution < -0.4 is 5.32 Å². The van der Waals surface area contributed by atoms with Crippen LogP contribution in [0.1, 0.15) is 59.6 Å². The lowest BCUT2D eigenvalue weighted by Gasteiger charge is -2.31. The maximum Gasteiger partial charge on any atom is 0.418 e. The van der Waals surface area contributed by atoms with Gasteiger partial charge in [0.1, 0.15) is 5.69 Å². The Bertz CT molecular complexity index is 1190. The first-order valence-electron chi connectivity index (χ1n) is 11.6. The summed E-state index contributed by atoms with van der Waals surface area (Å²) in [6.45, 7) is 3.26. The predicted octanol–water partition coefficient (Wildman–Crippen LogP) is 6.59. The third-order valence-corrected chi connectivity index (χ3v) is 7.12. The zero-order chi connectivity index (χ0) is 25.0. The molecule has 0 saturated carbocycles. The summed E-state index contributed by atoms with van der Waals surface area (Å²) in [5, 5.41) is 4.83. The molecule has 35 heavy (non-hydrogen) atoms. The largest absolute Gasteiger partial charge is 0.418 e. The van der Waals surface area contributed by atoms with Gasteiger partial charge in [-0.15, -0.1) is 11.3 Å². The van der Waals surface area contributed by atoms with Gasteiger partial charge in [0.15, 0.2) is 0 Å². The smallest absolute Gasteiger partial charge is 0.343 e. The molecule has 1 aliphatic rings. The van der Waals surface area contributed by atoms with E-state index >= 15 is 0 Å². The van der Waals surface area contributed by atoms with Crippen molar-refractivity contribution in [3.63, 3.8) is 0 Å². The van der Waals surface area contributed by atoms with Crippen molar-refractivity contribution < 1.29 is 22.8 Å². The lowest BCUT2D eigenvalue weighted by Crippen LogP contribution is -2.37. The zero-order valence-corrected chi connectivity index (χ0v) is 20.1. The fourth-order valence-electron chi connectivity index (χ4n) is 4.29. The number of alkyl halides is 3. The molecule has 1 fully saturated rings. The van der Waals surface area contributed by atoms with Gasteiger partial charge in [-0.1, -0.05) is 49.4 Å². The van der Waals surface area contributed by atoms with E-state index < -0.39 is 17.6 Å². The van der Waals surface area contributed by atoms with Gasteiger partial charge in [0.05, 0.1) is 16.3 Å². The fraction of sp³-hybridized carbons (Fsp3) is 0.346. The molecule has 1 aliphatic heterocycles. The number of aromatic nitrogens is 1. The Hall–Kier alpha value is -3.20. The van der Waals surface area contributed by atoms with Gasteiger partial charge in [0.2, 0.25) is 5.91 Å². The van der Waals surface area contributed by atoms with E-state index in [1.54, 1.807) is 41.8 Å². The summed E-state index contributed by atoms with van der Waals surface area (Å²) >= 11 is 1.33. The molecule has 1 N–H and O–H groups in total.